The van der Waals surface area contributed by atoms with E-state index in [1.165, 1.54) is 24.6 Å². The number of methoxy groups -OCH3 is 1. The normalized spacial score (nSPS) is 15.1. The van der Waals surface area contributed by atoms with Gasteiger partial charge < -0.3 is 25.4 Å². The van der Waals surface area contributed by atoms with Gasteiger partial charge in [-0.1, -0.05) is 17.4 Å². The Morgan fingerprint density at radius 3 is 2.81 bits per heavy atom. The molecule has 1 aromatic carbocycles. The standard InChI is InChI=1S/C24H28N6O5S/c1-14-4-5-17(31)15(2)22(14)27-23(34)18-12-25-24(36-18)26-19-9-11-30(28-19)16-8-10-29(13-16)20(32)6-7-21(33)35-3/h4-5,9,11-12,16,31H,6-8,10,13H2,1-3H3,(H,27,34)(H,25,26,28)/t16-/m1/s1. The van der Waals surface area contributed by atoms with Crippen molar-refractivity contribution in [1.82, 2.24) is 19.7 Å². The lowest BCUT2D eigenvalue weighted by Gasteiger charge is -2.16. The lowest BCUT2D eigenvalue weighted by Crippen LogP contribution is -2.29. The molecule has 0 bridgehead atoms. The Hall–Kier alpha value is -3.93. The number of nitrogens with zero attached hydrogens (tertiary/aromatic N) is 4. The summed E-state index contributed by atoms with van der Waals surface area (Å²) in [5.41, 5.74) is 2.03. The van der Waals surface area contributed by atoms with E-state index >= 15 is 0 Å². The van der Waals surface area contributed by atoms with Crippen LogP contribution in [0.4, 0.5) is 16.6 Å². The average molecular weight is 513 g/mol. The predicted octanol–water partition coefficient (Wildman–Crippen LogP) is 3.38. The minimum Gasteiger partial charge on any atom is -0.508 e. The van der Waals surface area contributed by atoms with Crippen LogP contribution < -0.4 is 10.6 Å². The molecule has 2 amide bonds. The molecule has 12 heteroatoms. The van der Waals surface area contributed by atoms with Crippen molar-refractivity contribution in [3.63, 3.8) is 0 Å². The average Bonchev–Trinajstić information content (AvgIpc) is 3.63. The first-order valence-electron chi connectivity index (χ1n) is 11.5. The number of carbonyl (C=O) groups excluding carboxylic acids is 3. The van der Waals surface area contributed by atoms with Crippen molar-refractivity contribution in [2.45, 2.75) is 39.2 Å². The molecule has 0 saturated carbocycles. The molecule has 11 nitrogen and oxygen atoms in total. The second-order valence-corrected chi connectivity index (χ2v) is 9.58. The molecule has 190 valence electrons. The van der Waals surface area contributed by atoms with Crippen LogP contribution in [-0.4, -0.2) is 62.8 Å². The largest absolute Gasteiger partial charge is 0.508 e. The SMILES string of the molecule is COC(=O)CCC(=O)N1CC[C@@H](n2ccc(Nc3ncc(C(=O)Nc4c(C)ccc(O)c4C)s3)n2)C1. The number of carbonyl (C=O) groups is 3. The van der Waals surface area contributed by atoms with E-state index in [-0.39, 0.29) is 36.4 Å². The number of esters is 1. The summed E-state index contributed by atoms with van der Waals surface area (Å²) in [5.74, 6) is -0.0845. The number of aryl methyl sites for hydroxylation is 1. The number of aromatic nitrogens is 3. The van der Waals surface area contributed by atoms with Gasteiger partial charge in [-0.3, -0.25) is 19.1 Å². The van der Waals surface area contributed by atoms with Gasteiger partial charge in [0.15, 0.2) is 10.9 Å². The van der Waals surface area contributed by atoms with Gasteiger partial charge in [-0.25, -0.2) is 4.98 Å². The monoisotopic (exact) mass is 512 g/mol. The maximum absolute atomic E-state index is 12.7. The van der Waals surface area contributed by atoms with E-state index in [9.17, 15) is 19.5 Å². The molecule has 1 fully saturated rings. The maximum atomic E-state index is 12.7. The molecule has 0 unspecified atom stereocenters. The summed E-state index contributed by atoms with van der Waals surface area (Å²) < 4.78 is 6.40. The Kier molecular flexibility index (Phi) is 7.53. The highest BCUT2D eigenvalue weighted by atomic mass is 32.1. The Morgan fingerprint density at radius 1 is 1.22 bits per heavy atom. The number of hydrogen-bond donors (Lipinski definition) is 3. The molecule has 1 saturated heterocycles. The van der Waals surface area contributed by atoms with Crippen molar-refractivity contribution in [3.05, 3.63) is 46.6 Å². The number of likely N-dealkylation sites (tertiary alicyclic amines) is 1. The van der Waals surface area contributed by atoms with Gasteiger partial charge >= 0.3 is 5.97 Å². The number of amides is 2. The Balaban J connectivity index is 1.33. The predicted molar refractivity (Wildman–Crippen MR) is 135 cm³/mol. The number of thiazole rings is 1. The van der Waals surface area contributed by atoms with E-state index in [1.807, 2.05) is 23.9 Å². The molecule has 1 atom stereocenters. The number of nitrogens with one attached hydrogen (secondary N) is 2. The van der Waals surface area contributed by atoms with Crippen molar-refractivity contribution >= 4 is 45.8 Å². The fourth-order valence-electron chi connectivity index (χ4n) is 4.01. The zero-order valence-corrected chi connectivity index (χ0v) is 21.1. The third kappa shape index (κ3) is 5.65. The zero-order chi connectivity index (χ0) is 25.8. The molecule has 1 aliphatic heterocycles. The highest BCUT2D eigenvalue weighted by molar-refractivity contribution is 7.17. The number of anilines is 3. The van der Waals surface area contributed by atoms with Gasteiger partial charge in [0, 0.05) is 37.3 Å². The number of phenolic OH excluding ortho intramolecular Hbond substituents is 1. The highest BCUT2D eigenvalue weighted by Gasteiger charge is 2.28. The zero-order valence-electron chi connectivity index (χ0n) is 20.3. The number of benzene rings is 1. The van der Waals surface area contributed by atoms with Crippen molar-refractivity contribution in [1.29, 1.82) is 0 Å². The molecule has 0 aliphatic carbocycles. The number of hydrogen-bond acceptors (Lipinski definition) is 9. The first-order chi connectivity index (χ1) is 17.2. The quantitative estimate of drug-likeness (QED) is 0.391. The fraction of sp³-hybridized carbons (Fsp3) is 0.375. The Labute approximate surface area is 212 Å². The van der Waals surface area contributed by atoms with Crippen LogP contribution in [0.1, 0.15) is 46.1 Å². The topological polar surface area (TPSA) is 139 Å². The van der Waals surface area contributed by atoms with E-state index in [1.54, 1.807) is 24.0 Å². The van der Waals surface area contributed by atoms with Crippen LogP contribution in [0.25, 0.3) is 0 Å². The molecule has 3 N–H and O–H groups in total. The smallest absolute Gasteiger partial charge is 0.306 e. The summed E-state index contributed by atoms with van der Waals surface area (Å²) in [5, 5.41) is 21.0. The third-order valence-electron chi connectivity index (χ3n) is 6.12. The molecule has 36 heavy (non-hydrogen) atoms. The van der Waals surface area contributed by atoms with Crippen LogP contribution in [0.5, 0.6) is 5.75 Å². The number of ether oxygens (including phenoxy) is 1. The third-order valence-corrected chi connectivity index (χ3v) is 7.03. The van der Waals surface area contributed by atoms with Gasteiger partial charge in [0.05, 0.1) is 31.5 Å². The lowest BCUT2D eigenvalue weighted by atomic mass is 10.1. The van der Waals surface area contributed by atoms with Gasteiger partial charge in [-0.05, 0) is 31.9 Å². The molecule has 1 aliphatic rings. The Morgan fingerprint density at radius 2 is 2.03 bits per heavy atom. The first kappa shape index (κ1) is 25.2. The molecule has 4 rings (SSSR count). The van der Waals surface area contributed by atoms with E-state index in [0.29, 0.717) is 40.2 Å². The van der Waals surface area contributed by atoms with E-state index < -0.39 is 5.97 Å². The van der Waals surface area contributed by atoms with Crippen LogP contribution in [0.2, 0.25) is 0 Å². The summed E-state index contributed by atoms with van der Waals surface area (Å²) in [6, 6.07) is 5.19. The number of aromatic hydroxyl groups is 1. The summed E-state index contributed by atoms with van der Waals surface area (Å²) in [7, 11) is 1.31. The van der Waals surface area contributed by atoms with Gasteiger partial charge in [-0.2, -0.15) is 5.10 Å². The molecule has 0 radical (unpaired) electrons. The minimum absolute atomic E-state index is 0.0361. The van der Waals surface area contributed by atoms with Gasteiger partial charge in [0.25, 0.3) is 5.91 Å². The van der Waals surface area contributed by atoms with Gasteiger partial charge in [-0.15, -0.1) is 0 Å². The van der Waals surface area contributed by atoms with Crippen LogP contribution in [0.3, 0.4) is 0 Å². The van der Waals surface area contributed by atoms with Crippen LogP contribution >= 0.6 is 11.3 Å². The van der Waals surface area contributed by atoms with E-state index in [2.05, 4.69) is 25.5 Å². The van der Waals surface area contributed by atoms with Crippen molar-refractivity contribution in [2.75, 3.05) is 30.8 Å². The van der Waals surface area contributed by atoms with Crippen molar-refractivity contribution < 1.29 is 24.2 Å². The van der Waals surface area contributed by atoms with E-state index in [4.69, 9.17) is 0 Å². The minimum atomic E-state index is -0.394. The van der Waals surface area contributed by atoms with Crippen molar-refractivity contribution in [2.24, 2.45) is 0 Å². The summed E-state index contributed by atoms with van der Waals surface area (Å²) in [6.07, 6.45) is 4.30. The van der Waals surface area contributed by atoms with Crippen LogP contribution in [-0.2, 0) is 14.3 Å². The first-order valence-corrected chi connectivity index (χ1v) is 12.3. The summed E-state index contributed by atoms with van der Waals surface area (Å²) in [4.78, 5) is 42.8. The molecular formula is C24H28N6O5S. The number of rotatable bonds is 8. The molecule has 3 aromatic rings. The second kappa shape index (κ2) is 10.8. The molecule has 3 heterocycles. The lowest BCUT2D eigenvalue weighted by molar-refractivity contribution is -0.143. The number of phenols is 1. The highest BCUT2D eigenvalue weighted by Crippen LogP contribution is 2.30. The molecule has 0 spiro atoms. The van der Waals surface area contributed by atoms with Gasteiger partial charge in [0.2, 0.25) is 5.91 Å². The van der Waals surface area contributed by atoms with Gasteiger partial charge in [0.1, 0.15) is 10.6 Å². The summed E-state index contributed by atoms with van der Waals surface area (Å²) in [6.45, 7) is 4.74. The Bertz CT molecular complexity index is 1290. The van der Waals surface area contributed by atoms with E-state index in [0.717, 1.165) is 12.0 Å². The second-order valence-electron chi connectivity index (χ2n) is 8.55. The molecule has 2 aromatic heterocycles. The molecular weight excluding hydrogens is 484 g/mol. The van der Waals surface area contributed by atoms with Crippen LogP contribution in [0, 0.1) is 13.8 Å². The fourth-order valence-corrected chi connectivity index (χ4v) is 4.73. The van der Waals surface area contributed by atoms with Crippen LogP contribution in [0.15, 0.2) is 30.6 Å². The summed E-state index contributed by atoms with van der Waals surface area (Å²) >= 11 is 1.19. The maximum Gasteiger partial charge on any atom is 0.306 e. The van der Waals surface area contributed by atoms with Crippen molar-refractivity contribution in [3.8, 4) is 5.75 Å².